The molecule has 30 heavy (non-hydrogen) atoms. The molecule has 7 nitrogen and oxygen atoms in total. The quantitative estimate of drug-likeness (QED) is 0.563. The smallest absolute Gasteiger partial charge is 0.277 e. The van der Waals surface area contributed by atoms with Crippen LogP contribution in [0, 0.1) is 6.92 Å². The van der Waals surface area contributed by atoms with Crippen LogP contribution in [0.3, 0.4) is 0 Å². The molecule has 0 radical (unpaired) electrons. The zero-order valence-electron chi connectivity index (χ0n) is 16.7. The van der Waals surface area contributed by atoms with Gasteiger partial charge in [0, 0.05) is 18.8 Å². The number of nitrogens with zero attached hydrogens (tertiary/aromatic N) is 5. The van der Waals surface area contributed by atoms with E-state index >= 15 is 0 Å². The summed E-state index contributed by atoms with van der Waals surface area (Å²) < 4.78 is 1.77. The van der Waals surface area contributed by atoms with Gasteiger partial charge >= 0.3 is 0 Å². The van der Waals surface area contributed by atoms with E-state index in [0.29, 0.717) is 11.5 Å². The Kier molecular flexibility index (Phi) is 4.63. The van der Waals surface area contributed by atoms with Gasteiger partial charge in [-0.05, 0) is 50.1 Å². The molecule has 0 unspecified atom stereocenters. The molecule has 0 atom stereocenters. The number of fused-ring (bicyclic) bond motifs is 1. The number of anilines is 2. The molecule has 5 rings (SSSR count). The molecule has 3 heterocycles. The molecule has 1 aliphatic heterocycles. The predicted molar refractivity (Wildman–Crippen MR) is 117 cm³/mol. The van der Waals surface area contributed by atoms with Crippen LogP contribution in [0.1, 0.15) is 29.0 Å². The van der Waals surface area contributed by atoms with Crippen LogP contribution in [0.4, 0.5) is 11.6 Å². The van der Waals surface area contributed by atoms with E-state index in [1.165, 1.54) is 0 Å². The number of aromatic nitrogens is 4. The Morgan fingerprint density at radius 1 is 0.933 bits per heavy atom. The first-order valence-electron chi connectivity index (χ1n) is 10.1. The second kappa shape index (κ2) is 7.59. The van der Waals surface area contributed by atoms with Crippen molar-refractivity contribution in [1.82, 2.24) is 19.7 Å². The standard InChI is InChI=1S/C23H22N6O/c1-16-15-20(27-29(16)17-9-3-2-4-10-17)23(30)26-21-22(28-13-7-8-14-28)25-19-12-6-5-11-18(19)24-21/h2-6,9-12,15H,7-8,13-14H2,1H3,(H,24,26,30). The Morgan fingerprint density at radius 2 is 1.60 bits per heavy atom. The van der Waals surface area contributed by atoms with Gasteiger partial charge in [0.25, 0.3) is 5.91 Å². The number of nitrogens with one attached hydrogen (secondary N) is 1. The lowest BCUT2D eigenvalue weighted by molar-refractivity contribution is 0.102. The van der Waals surface area contributed by atoms with Gasteiger partial charge in [0.05, 0.1) is 16.7 Å². The minimum absolute atomic E-state index is 0.294. The third-order valence-electron chi connectivity index (χ3n) is 5.31. The van der Waals surface area contributed by atoms with Crippen LogP contribution in [0.25, 0.3) is 16.7 Å². The normalized spacial score (nSPS) is 13.7. The summed E-state index contributed by atoms with van der Waals surface area (Å²) in [6.45, 7) is 3.76. The van der Waals surface area contributed by atoms with Crippen molar-refractivity contribution in [2.45, 2.75) is 19.8 Å². The summed E-state index contributed by atoms with van der Waals surface area (Å²) >= 11 is 0. The van der Waals surface area contributed by atoms with Crippen LogP contribution in [0.15, 0.2) is 60.7 Å². The van der Waals surface area contributed by atoms with Crippen LogP contribution in [0.2, 0.25) is 0 Å². The third-order valence-corrected chi connectivity index (χ3v) is 5.31. The number of amides is 1. The first-order valence-corrected chi connectivity index (χ1v) is 10.1. The molecule has 1 fully saturated rings. The van der Waals surface area contributed by atoms with Gasteiger partial charge in [-0.1, -0.05) is 30.3 Å². The molecule has 7 heteroatoms. The Morgan fingerprint density at radius 3 is 2.33 bits per heavy atom. The van der Waals surface area contributed by atoms with Crippen molar-refractivity contribution in [3.05, 3.63) is 72.1 Å². The summed E-state index contributed by atoms with van der Waals surface area (Å²) in [5.41, 5.74) is 3.72. The molecule has 0 bridgehead atoms. The minimum Gasteiger partial charge on any atom is -0.354 e. The minimum atomic E-state index is -0.294. The van der Waals surface area contributed by atoms with E-state index in [4.69, 9.17) is 9.97 Å². The van der Waals surface area contributed by atoms with E-state index in [2.05, 4.69) is 15.3 Å². The molecule has 2 aromatic carbocycles. The molecule has 0 aliphatic carbocycles. The maximum atomic E-state index is 13.0. The fourth-order valence-corrected chi connectivity index (χ4v) is 3.81. The van der Waals surface area contributed by atoms with Gasteiger partial charge in [-0.25, -0.2) is 14.6 Å². The average molecular weight is 398 g/mol. The largest absolute Gasteiger partial charge is 0.354 e. The first kappa shape index (κ1) is 18.3. The van der Waals surface area contributed by atoms with Crippen LogP contribution in [-0.4, -0.2) is 38.7 Å². The SMILES string of the molecule is Cc1cc(C(=O)Nc2nc3ccccc3nc2N2CCCC2)nn1-c1ccccc1. The summed E-state index contributed by atoms with van der Waals surface area (Å²) in [6, 6.07) is 19.3. The van der Waals surface area contributed by atoms with E-state index in [-0.39, 0.29) is 5.91 Å². The first-order chi connectivity index (χ1) is 14.7. The second-order valence-electron chi connectivity index (χ2n) is 7.45. The van der Waals surface area contributed by atoms with E-state index in [1.807, 2.05) is 61.5 Å². The fourth-order valence-electron chi connectivity index (χ4n) is 3.81. The molecule has 1 aliphatic rings. The van der Waals surface area contributed by atoms with Crippen LogP contribution < -0.4 is 10.2 Å². The number of rotatable bonds is 4. The summed E-state index contributed by atoms with van der Waals surface area (Å²) in [5, 5.41) is 7.47. The van der Waals surface area contributed by atoms with Crippen LogP contribution in [0.5, 0.6) is 0 Å². The van der Waals surface area contributed by atoms with Gasteiger partial charge in [0.2, 0.25) is 0 Å². The Labute approximate surface area is 174 Å². The van der Waals surface area contributed by atoms with Crippen LogP contribution >= 0.6 is 0 Å². The van der Waals surface area contributed by atoms with E-state index in [0.717, 1.165) is 54.2 Å². The molecule has 0 spiro atoms. The van der Waals surface area contributed by atoms with Crippen molar-refractivity contribution in [1.29, 1.82) is 0 Å². The summed E-state index contributed by atoms with van der Waals surface area (Å²) in [7, 11) is 0. The third kappa shape index (κ3) is 3.39. The number of aryl methyl sites for hydroxylation is 1. The molecule has 150 valence electrons. The van der Waals surface area contributed by atoms with Crippen LogP contribution in [-0.2, 0) is 0 Å². The van der Waals surface area contributed by atoms with E-state index < -0.39 is 0 Å². The zero-order chi connectivity index (χ0) is 20.5. The average Bonchev–Trinajstić information content (AvgIpc) is 3.44. The molecule has 4 aromatic rings. The summed E-state index contributed by atoms with van der Waals surface area (Å²) in [4.78, 5) is 24.7. The maximum Gasteiger partial charge on any atom is 0.277 e. The van der Waals surface area contributed by atoms with Crippen molar-refractivity contribution in [2.24, 2.45) is 0 Å². The maximum absolute atomic E-state index is 13.0. The van der Waals surface area contributed by atoms with Crippen molar-refractivity contribution in [2.75, 3.05) is 23.3 Å². The number of hydrogen-bond acceptors (Lipinski definition) is 5. The number of para-hydroxylation sites is 3. The molecule has 1 N–H and O–H groups in total. The Balaban J connectivity index is 1.49. The van der Waals surface area contributed by atoms with Gasteiger partial charge in [-0.2, -0.15) is 5.10 Å². The van der Waals surface area contributed by atoms with Gasteiger partial charge in [0.1, 0.15) is 0 Å². The molecule has 1 amide bonds. The van der Waals surface area contributed by atoms with Gasteiger partial charge in [-0.3, -0.25) is 4.79 Å². The molecular formula is C23H22N6O. The molecule has 0 saturated carbocycles. The van der Waals surface area contributed by atoms with Crippen molar-refractivity contribution in [3.63, 3.8) is 0 Å². The number of hydrogen-bond donors (Lipinski definition) is 1. The number of carbonyl (C=O) groups is 1. The van der Waals surface area contributed by atoms with Gasteiger partial charge < -0.3 is 10.2 Å². The monoisotopic (exact) mass is 398 g/mol. The number of carbonyl (C=O) groups excluding carboxylic acids is 1. The summed E-state index contributed by atoms with van der Waals surface area (Å²) in [5.74, 6) is 0.907. The highest BCUT2D eigenvalue weighted by molar-refractivity contribution is 6.04. The zero-order valence-corrected chi connectivity index (χ0v) is 16.7. The van der Waals surface area contributed by atoms with Crippen molar-refractivity contribution < 1.29 is 4.79 Å². The van der Waals surface area contributed by atoms with Crippen molar-refractivity contribution in [3.8, 4) is 5.69 Å². The highest BCUT2D eigenvalue weighted by Gasteiger charge is 2.22. The molecular weight excluding hydrogens is 376 g/mol. The van der Waals surface area contributed by atoms with E-state index in [9.17, 15) is 4.79 Å². The summed E-state index contributed by atoms with van der Waals surface area (Å²) in [6.07, 6.45) is 2.23. The number of benzene rings is 2. The fraction of sp³-hybridized carbons (Fsp3) is 0.217. The van der Waals surface area contributed by atoms with Gasteiger partial charge in [0.15, 0.2) is 17.3 Å². The highest BCUT2D eigenvalue weighted by Crippen LogP contribution is 2.28. The molecule has 1 saturated heterocycles. The van der Waals surface area contributed by atoms with E-state index in [1.54, 1.807) is 10.7 Å². The molecule has 2 aromatic heterocycles. The lowest BCUT2D eigenvalue weighted by Crippen LogP contribution is -2.23. The lowest BCUT2D eigenvalue weighted by atomic mass is 10.3. The highest BCUT2D eigenvalue weighted by atomic mass is 16.2. The predicted octanol–water partition coefficient (Wildman–Crippen LogP) is 3.98. The Hall–Kier alpha value is -3.74. The second-order valence-corrected chi connectivity index (χ2v) is 7.45. The lowest BCUT2D eigenvalue weighted by Gasteiger charge is -2.20. The van der Waals surface area contributed by atoms with Crippen molar-refractivity contribution >= 4 is 28.6 Å². The van der Waals surface area contributed by atoms with Gasteiger partial charge in [-0.15, -0.1) is 0 Å². The Bertz CT molecular complexity index is 1210. The topological polar surface area (TPSA) is 75.9 Å².